The van der Waals surface area contributed by atoms with Crippen molar-refractivity contribution in [2.45, 2.75) is 110 Å². The van der Waals surface area contributed by atoms with Crippen LogP contribution in [0.2, 0.25) is 0 Å². The average molecular weight is 326 g/mol. The largest absolute Gasteiger partial charge is 0.469 e. The van der Waals surface area contributed by atoms with E-state index < -0.39 is 0 Å². The van der Waals surface area contributed by atoms with Crippen molar-refractivity contribution in [2.75, 3.05) is 7.11 Å². The van der Waals surface area contributed by atoms with Gasteiger partial charge in [0, 0.05) is 0 Å². The molecule has 0 unspecified atom stereocenters. The number of methoxy groups -OCH3 is 1. The van der Waals surface area contributed by atoms with Crippen LogP contribution in [0.1, 0.15) is 110 Å². The summed E-state index contributed by atoms with van der Waals surface area (Å²) >= 11 is 0. The number of ether oxygens (including phenoxy) is 1. The van der Waals surface area contributed by atoms with Gasteiger partial charge >= 0.3 is 5.97 Å². The van der Waals surface area contributed by atoms with E-state index in [4.69, 9.17) is 0 Å². The van der Waals surface area contributed by atoms with Gasteiger partial charge in [0.25, 0.3) is 0 Å². The molecule has 0 aliphatic rings. The topological polar surface area (TPSA) is 26.3 Å². The Kier molecular flexibility index (Phi) is 17.4. The van der Waals surface area contributed by atoms with Crippen LogP contribution in [-0.2, 0) is 9.53 Å². The predicted octanol–water partition coefficient (Wildman–Crippen LogP) is 6.87. The first-order chi connectivity index (χ1) is 11.2. The summed E-state index contributed by atoms with van der Waals surface area (Å²) in [6, 6.07) is 0. The quantitative estimate of drug-likeness (QED) is 0.215. The fraction of sp³-hybridized carbons (Fsp3) is 0.905. The van der Waals surface area contributed by atoms with Gasteiger partial charge in [-0.3, -0.25) is 4.79 Å². The molecule has 0 saturated carbocycles. The Morgan fingerprint density at radius 2 is 1.13 bits per heavy atom. The van der Waals surface area contributed by atoms with E-state index in [9.17, 15) is 4.79 Å². The summed E-state index contributed by atoms with van der Waals surface area (Å²) in [6.07, 6.45) is 21.8. The van der Waals surface area contributed by atoms with Crippen LogP contribution in [-0.4, -0.2) is 13.1 Å². The van der Waals surface area contributed by atoms with Crippen LogP contribution in [0.15, 0.2) is 0 Å². The highest BCUT2D eigenvalue weighted by Crippen LogP contribution is 2.14. The fourth-order valence-corrected chi connectivity index (χ4v) is 2.94. The Morgan fingerprint density at radius 1 is 0.739 bits per heavy atom. The number of esters is 1. The minimum atomic E-state index is -0.190. The summed E-state index contributed by atoms with van der Waals surface area (Å²) in [5, 5.41) is 0. The molecule has 0 bridgehead atoms. The Hall–Kier alpha value is -0.530. The van der Waals surface area contributed by atoms with Crippen molar-refractivity contribution in [3.8, 4) is 0 Å². The molecule has 0 N–H and O–H groups in total. The van der Waals surface area contributed by atoms with Crippen LogP contribution in [0.5, 0.6) is 0 Å². The van der Waals surface area contributed by atoms with E-state index in [1.807, 2.05) is 0 Å². The maximum atomic E-state index is 10.9. The van der Waals surface area contributed by atoms with Gasteiger partial charge in [-0.25, -0.2) is 0 Å². The van der Waals surface area contributed by atoms with Crippen molar-refractivity contribution in [1.29, 1.82) is 0 Å². The molecule has 0 heterocycles. The number of unbranched alkanes of at least 4 members (excludes halogenated alkanes) is 13. The molecule has 0 aromatic heterocycles. The summed E-state index contributed by atoms with van der Waals surface area (Å²) in [7, 11) is 1.44. The summed E-state index contributed by atoms with van der Waals surface area (Å²) < 4.78 is 4.58. The number of hydrogen-bond donors (Lipinski definition) is 0. The average Bonchev–Trinajstić information content (AvgIpc) is 2.53. The molecular formula is C21H41O2. The van der Waals surface area contributed by atoms with Crippen molar-refractivity contribution in [2.24, 2.45) is 5.92 Å². The molecule has 2 heteroatoms. The number of carbonyl (C=O) groups excluding carboxylic acids is 1. The van der Waals surface area contributed by atoms with E-state index >= 15 is 0 Å². The highest BCUT2D eigenvalue weighted by Gasteiger charge is 2.00. The lowest BCUT2D eigenvalue weighted by molar-refractivity contribution is -0.136. The Labute approximate surface area is 145 Å². The molecule has 0 amide bonds. The highest BCUT2D eigenvalue weighted by atomic mass is 16.5. The predicted molar refractivity (Wildman–Crippen MR) is 100 cm³/mol. The molecule has 0 atom stereocenters. The SMILES string of the molecule is COC(=O)[CH]CCCCCCCCCCCCCCCC(C)C. The zero-order valence-corrected chi connectivity index (χ0v) is 16.1. The molecule has 0 rings (SSSR count). The van der Waals surface area contributed by atoms with Crippen molar-refractivity contribution in [3.63, 3.8) is 0 Å². The second kappa shape index (κ2) is 17.8. The molecule has 0 aliphatic heterocycles. The van der Waals surface area contributed by atoms with Crippen molar-refractivity contribution in [1.82, 2.24) is 0 Å². The monoisotopic (exact) mass is 325 g/mol. The van der Waals surface area contributed by atoms with E-state index in [0.29, 0.717) is 0 Å². The Bertz CT molecular complexity index is 248. The van der Waals surface area contributed by atoms with Gasteiger partial charge in [0.05, 0.1) is 13.5 Å². The van der Waals surface area contributed by atoms with E-state index in [-0.39, 0.29) is 5.97 Å². The third kappa shape index (κ3) is 19.4. The zero-order chi connectivity index (χ0) is 17.2. The van der Waals surface area contributed by atoms with Crippen LogP contribution in [0.3, 0.4) is 0 Å². The van der Waals surface area contributed by atoms with Gasteiger partial charge < -0.3 is 4.74 Å². The van der Waals surface area contributed by atoms with Gasteiger partial charge in [-0.1, -0.05) is 104 Å². The fourth-order valence-electron chi connectivity index (χ4n) is 2.94. The van der Waals surface area contributed by atoms with Crippen molar-refractivity contribution in [3.05, 3.63) is 6.42 Å². The molecule has 137 valence electrons. The second-order valence-electron chi connectivity index (χ2n) is 7.29. The summed E-state index contributed by atoms with van der Waals surface area (Å²) in [5.41, 5.74) is 0. The second-order valence-corrected chi connectivity index (χ2v) is 7.29. The normalized spacial score (nSPS) is 11.1. The molecule has 1 radical (unpaired) electrons. The molecule has 0 aliphatic carbocycles. The number of carbonyl (C=O) groups is 1. The van der Waals surface area contributed by atoms with Gasteiger partial charge in [0.15, 0.2) is 0 Å². The van der Waals surface area contributed by atoms with E-state index in [1.165, 1.54) is 90.6 Å². The van der Waals surface area contributed by atoms with Gasteiger partial charge in [0.1, 0.15) is 0 Å². The molecule has 0 saturated heterocycles. The number of hydrogen-bond acceptors (Lipinski definition) is 2. The third-order valence-corrected chi connectivity index (χ3v) is 4.50. The third-order valence-electron chi connectivity index (χ3n) is 4.50. The molecule has 23 heavy (non-hydrogen) atoms. The molecular weight excluding hydrogens is 284 g/mol. The van der Waals surface area contributed by atoms with Crippen LogP contribution in [0, 0.1) is 12.3 Å². The lowest BCUT2D eigenvalue weighted by atomic mass is 10.0. The van der Waals surface area contributed by atoms with Gasteiger partial charge in [0.2, 0.25) is 0 Å². The molecule has 0 fully saturated rings. The molecule has 0 aromatic rings. The van der Waals surface area contributed by atoms with Crippen LogP contribution < -0.4 is 0 Å². The maximum absolute atomic E-state index is 10.9. The van der Waals surface area contributed by atoms with Crippen molar-refractivity contribution >= 4 is 5.97 Å². The van der Waals surface area contributed by atoms with Crippen LogP contribution in [0.25, 0.3) is 0 Å². The smallest absolute Gasteiger partial charge is 0.309 e. The van der Waals surface area contributed by atoms with E-state index in [2.05, 4.69) is 18.6 Å². The summed E-state index contributed by atoms with van der Waals surface area (Å²) in [6.45, 7) is 4.64. The van der Waals surface area contributed by atoms with Gasteiger partial charge in [-0.15, -0.1) is 0 Å². The summed E-state index contributed by atoms with van der Waals surface area (Å²) in [5.74, 6) is 0.686. The first-order valence-corrected chi connectivity index (χ1v) is 10.1. The number of rotatable bonds is 17. The molecule has 2 nitrogen and oxygen atoms in total. The highest BCUT2D eigenvalue weighted by molar-refractivity contribution is 5.78. The van der Waals surface area contributed by atoms with Crippen molar-refractivity contribution < 1.29 is 9.53 Å². The first-order valence-electron chi connectivity index (χ1n) is 10.1. The Morgan fingerprint density at radius 3 is 1.52 bits per heavy atom. The lowest BCUT2D eigenvalue weighted by Gasteiger charge is -2.05. The Balaban J connectivity index is 3.01. The van der Waals surface area contributed by atoms with E-state index in [0.717, 1.165) is 18.8 Å². The summed E-state index contributed by atoms with van der Waals surface area (Å²) in [4.78, 5) is 10.9. The first kappa shape index (κ1) is 22.5. The zero-order valence-electron chi connectivity index (χ0n) is 16.1. The lowest BCUT2D eigenvalue weighted by Crippen LogP contribution is -2.00. The molecule has 0 spiro atoms. The van der Waals surface area contributed by atoms with Gasteiger partial charge in [-0.05, 0) is 12.3 Å². The molecule has 0 aromatic carbocycles. The van der Waals surface area contributed by atoms with Crippen LogP contribution >= 0.6 is 0 Å². The van der Waals surface area contributed by atoms with Gasteiger partial charge in [-0.2, -0.15) is 0 Å². The minimum Gasteiger partial charge on any atom is -0.469 e. The standard InChI is InChI=1S/C21H41O2/c1-20(2)18-16-14-12-10-8-6-4-5-7-9-11-13-15-17-19-21(22)23-3/h19-20H,4-18H2,1-3H3. The minimum absolute atomic E-state index is 0.190. The van der Waals surface area contributed by atoms with Crippen LogP contribution in [0.4, 0.5) is 0 Å². The van der Waals surface area contributed by atoms with E-state index in [1.54, 1.807) is 6.42 Å². The maximum Gasteiger partial charge on any atom is 0.309 e.